The molecule has 0 fully saturated rings. The van der Waals surface area contributed by atoms with Crippen molar-refractivity contribution in [3.63, 3.8) is 0 Å². The quantitative estimate of drug-likeness (QED) is 0.379. The first kappa shape index (κ1) is 15.1. The van der Waals surface area contributed by atoms with Crippen LogP contribution >= 0.6 is 0 Å². The lowest BCUT2D eigenvalue weighted by Gasteiger charge is -2.26. The van der Waals surface area contributed by atoms with E-state index in [4.69, 9.17) is 9.72 Å². The second-order valence-corrected chi connectivity index (χ2v) is 6.84. The van der Waals surface area contributed by atoms with E-state index in [-0.39, 0.29) is 10.6 Å². The molecule has 5 rings (SSSR count). The maximum absolute atomic E-state index is 11.7. The van der Waals surface area contributed by atoms with Gasteiger partial charge in [-0.2, -0.15) is 0 Å². The van der Waals surface area contributed by atoms with Crippen molar-refractivity contribution in [1.29, 1.82) is 0 Å². The fourth-order valence-corrected chi connectivity index (χ4v) is 4.06. The number of pyridine rings is 1. The Morgan fingerprint density at radius 3 is 2.77 bits per heavy atom. The van der Waals surface area contributed by atoms with Gasteiger partial charge < -0.3 is 10.1 Å². The average Bonchev–Trinajstić information content (AvgIpc) is 2.66. The highest BCUT2D eigenvalue weighted by Crippen LogP contribution is 2.48. The summed E-state index contributed by atoms with van der Waals surface area (Å²) in [5.41, 5.74) is 5.33. The van der Waals surface area contributed by atoms with Gasteiger partial charge in [-0.3, -0.25) is 10.1 Å². The summed E-state index contributed by atoms with van der Waals surface area (Å²) in [5.74, 6) is 1.37. The first-order valence-electron chi connectivity index (χ1n) is 8.81. The molecule has 6 nitrogen and oxygen atoms in total. The zero-order valence-electron chi connectivity index (χ0n) is 14.3. The molecule has 1 aromatic heterocycles. The fraction of sp³-hybridized carbons (Fsp3) is 0.250. The van der Waals surface area contributed by atoms with Crippen LogP contribution in [-0.2, 0) is 12.8 Å². The molecule has 130 valence electrons. The SMILES string of the molecule is Cc1nc2c3c(c([N+](=O)[O-])cc2c2c1Oc1ccccc1N2)CCCC3. The Morgan fingerprint density at radius 1 is 1.19 bits per heavy atom. The second-order valence-electron chi connectivity index (χ2n) is 6.84. The van der Waals surface area contributed by atoms with E-state index in [0.29, 0.717) is 5.75 Å². The van der Waals surface area contributed by atoms with Gasteiger partial charge in [0.1, 0.15) is 0 Å². The van der Waals surface area contributed by atoms with Gasteiger partial charge in [-0.05, 0) is 50.3 Å². The lowest BCUT2D eigenvalue weighted by Crippen LogP contribution is -2.11. The summed E-state index contributed by atoms with van der Waals surface area (Å²) in [6, 6.07) is 9.34. The highest BCUT2D eigenvalue weighted by atomic mass is 16.6. The van der Waals surface area contributed by atoms with E-state index in [0.717, 1.165) is 70.5 Å². The Labute approximate surface area is 150 Å². The number of hydrogen-bond acceptors (Lipinski definition) is 5. The van der Waals surface area contributed by atoms with Gasteiger partial charge in [-0.25, -0.2) is 4.98 Å². The summed E-state index contributed by atoms with van der Waals surface area (Å²) in [4.78, 5) is 16.2. The number of nitro groups is 1. The number of aromatic nitrogens is 1. The number of fused-ring (bicyclic) bond motifs is 6. The van der Waals surface area contributed by atoms with Gasteiger partial charge in [0.05, 0.1) is 27.5 Å². The standard InChI is InChI=1S/C20H17N3O3/c1-11-20-19(22-15-8-4-5-9-17(15)26-20)14-10-16(23(24)25)12-6-2-3-7-13(12)18(14)21-11/h4-5,8-10,22H,2-3,6-7H2,1H3. The molecular weight excluding hydrogens is 330 g/mol. The van der Waals surface area contributed by atoms with E-state index in [1.807, 2.05) is 31.2 Å². The highest BCUT2D eigenvalue weighted by molar-refractivity contribution is 6.02. The van der Waals surface area contributed by atoms with Crippen LogP contribution in [0.5, 0.6) is 11.5 Å². The predicted octanol–water partition coefficient (Wildman–Crippen LogP) is 5.18. The number of nitrogens with one attached hydrogen (secondary N) is 1. The normalized spacial score (nSPS) is 14.7. The largest absolute Gasteiger partial charge is 0.451 e. The second kappa shape index (κ2) is 5.42. The molecule has 1 N–H and O–H groups in total. The third kappa shape index (κ3) is 2.08. The van der Waals surface area contributed by atoms with E-state index in [9.17, 15) is 10.1 Å². The fourth-order valence-electron chi connectivity index (χ4n) is 4.06. The van der Waals surface area contributed by atoms with Crippen LogP contribution in [0.2, 0.25) is 0 Å². The first-order chi connectivity index (χ1) is 12.6. The van der Waals surface area contributed by atoms with E-state index >= 15 is 0 Å². The molecule has 0 atom stereocenters. The smallest absolute Gasteiger partial charge is 0.273 e. The van der Waals surface area contributed by atoms with Crippen LogP contribution in [0, 0.1) is 17.0 Å². The van der Waals surface area contributed by atoms with Gasteiger partial charge in [0.15, 0.2) is 11.5 Å². The van der Waals surface area contributed by atoms with Gasteiger partial charge in [0.2, 0.25) is 0 Å². The number of anilines is 2. The van der Waals surface area contributed by atoms with Crippen LogP contribution in [0.25, 0.3) is 10.9 Å². The number of hydrogen-bond donors (Lipinski definition) is 1. The molecule has 26 heavy (non-hydrogen) atoms. The lowest BCUT2D eigenvalue weighted by atomic mass is 9.87. The van der Waals surface area contributed by atoms with Gasteiger partial charge in [-0.15, -0.1) is 0 Å². The van der Waals surface area contributed by atoms with Crippen molar-refractivity contribution in [1.82, 2.24) is 4.98 Å². The summed E-state index contributed by atoms with van der Waals surface area (Å²) in [7, 11) is 0. The minimum atomic E-state index is -0.270. The molecular formula is C20H17N3O3. The number of ether oxygens (including phenoxy) is 1. The molecule has 2 heterocycles. The molecule has 0 saturated carbocycles. The average molecular weight is 347 g/mol. The molecule has 2 aromatic carbocycles. The lowest BCUT2D eigenvalue weighted by molar-refractivity contribution is -0.385. The van der Waals surface area contributed by atoms with Crippen molar-refractivity contribution in [2.75, 3.05) is 5.32 Å². The number of rotatable bonds is 1. The Hall–Kier alpha value is -3.15. The third-order valence-electron chi connectivity index (χ3n) is 5.26. The Bertz CT molecular complexity index is 1090. The summed E-state index contributed by atoms with van der Waals surface area (Å²) >= 11 is 0. The minimum absolute atomic E-state index is 0.195. The van der Waals surface area contributed by atoms with Crippen LogP contribution in [0.15, 0.2) is 30.3 Å². The van der Waals surface area contributed by atoms with Gasteiger partial charge >= 0.3 is 0 Å². The molecule has 1 aliphatic carbocycles. The molecule has 0 spiro atoms. The van der Waals surface area contributed by atoms with Crippen LogP contribution in [0.1, 0.15) is 29.7 Å². The number of aryl methyl sites for hydroxylation is 2. The van der Waals surface area contributed by atoms with Gasteiger partial charge in [-0.1, -0.05) is 12.1 Å². The van der Waals surface area contributed by atoms with E-state index in [2.05, 4.69) is 5.32 Å². The summed E-state index contributed by atoms with van der Waals surface area (Å²) in [6.07, 6.45) is 3.59. The Balaban J connectivity index is 1.84. The van der Waals surface area contributed by atoms with Crippen molar-refractivity contribution < 1.29 is 9.66 Å². The number of para-hydroxylation sites is 2. The van der Waals surface area contributed by atoms with Crippen LogP contribution < -0.4 is 10.1 Å². The van der Waals surface area contributed by atoms with Crippen LogP contribution in [-0.4, -0.2) is 9.91 Å². The highest BCUT2D eigenvalue weighted by Gasteiger charge is 2.29. The molecule has 0 bridgehead atoms. The van der Waals surface area contributed by atoms with Gasteiger partial charge in [0, 0.05) is 17.0 Å². The first-order valence-corrected chi connectivity index (χ1v) is 8.81. The minimum Gasteiger partial charge on any atom is -0.451 e. The maximum atomic E-state index is 11.7. The van der Waals surface area contributed by atoms with E-state index in [1.54, 1.807) is 6.07 Å². The molecule has 1 aliphatic heterocycles. The van der Waals surface area contributed by atoms with Crippen molar-refractivity contribution in [2.24, 2.45) is 0 Å². The Kier molecular flexibility index (Phi) is 3.16. The van der Waals surface area contributed by atoms with Crippen LogP contribution in [0.3, 0.4) is 0 Å². The number of nitrogens with zero attached hydrogens (tertiary/aromatic N) is 2. The van der Waals surface area contributed by atoms with Crippen LogP contribution in [0.4, 0.5) is 17.1 Å². The molecule has 0 radical (unpaired) electrons. The van der Waals surface area contributed by atoms with Crippen molar-refractivity contribution >= 4 is 28.0 Å². The van der Waals surface area contributed by atoms with Crippen molar-refractivity contribution in [2.45, 2.75) is 32.6 Å². The van der Waals surface area contributed by atoms with Gasteiger partial charge in [0.25, 0.3) is 5.69 Å². The molecule has 2 aliphatic rings. The van der Waals surface area contributed by atoms with Crippen molar-refractivity contribution in [3.8, 4) is 11.5 Å². The molecule has 0 amide bonds. The third-order valence-corrected chi connectivity index (χ3v) is 5.26. The summed E-state index contributed by atoms with van der Waals surface area (Å²) in [6.45, 7) is 1.92. The van der Waals surface area contributed by atoms with E-state index < -0.39 is 0 Å². The predicted molar refractivity (Wildman–Crippen MR) is 99.6 cm³/mol. The zero-order valence-corrected chi connectivity index (χ0v) is 14.3. The maximum Gasteiger partial charge on any atom is 0.273 e. The number of nitro benzene ring substituents is 1. The molecule has 0 saturated heterocycles. The topological polar surface area (TPSA) is 77.3 Å². The Morgan fingerprint density at radius 2 is 1.96 bits per heavy atom. The molecule has 3 aromatic rings. The summed E-state index contributed by atoms with van der Waals surface area (Å²) < 4.78 is 6.07. The monoisotopic (exact) mass is 347 g/mol. The number of benzene rings is 2. The molecule has 6 heteroatoms. The zero-order chi connectivity index (χ0) is 17.8. The van der Waals surface area contributed by atoms with Crippen molar-refractivity contribution in [3.05, 3.63) is 57.3 Å². The summed E-state index contributed by atoms with van der Waals surface area (Å²) in [5, 5.41) is 15.9. The molecule has 0 unspecified atom stereocenters. The van der Waals surface area contributed by atoms with E-state index in [1.165, 1.54) is 0 Å².